The van der Waals surface area contributed by atoms with Gasteiger partial charge in [-0.25, -0.2) is 0 Å². The van der Waals surface area contributed by atoms with Crippen LogP contribution in [-0.2, 0) is 6.42 Å². The van der Waals surface area contributed by atoms with Crippen molar-refractivity contribution in [3.8, 4) is 0 Å². The second-order valence-electron chi connectivity index (χ2n) is 5.34. The van der Waals surface area contributed by atoms with Crippen molar-refractivity contribution in [1.82, 2.24) is 19.8 Å². The fourth-order valence-corrected chi connectivity index (χ4v) is 3.28. The highest BCUT2D eigenvalue weighted by Crippen LogP contribution is 2.21. The Balaban J connectivity index is 1.89. The third-order valence-electron chi connectivity index (χ3n) is 3.82. The average Bonchev–Trinajstić information content (AvgIpc) is 2.93. The first kappa shape index (κ1) is 15.4. The van der Waals surface area contributed by atoms with Crippen molar-refractivity contribution in [2.75, 3.05) is 26.2 Å². The molecule has 0 saturated carbocycles. The predicted octanol–water partition coefficient (Wildman–Crippen LogP) is 1.95. The van der Waals surface area contributed by atoms with Crippen molar-refractivity contribution in [3.05, 3.63) is 10.6 Å². The van der Waals surface area contributed by atoms with Crippen LogP contribution in [0.3, 0.4) is 0 Å². The molecule has 0 unspecified atom stereocenters. The molecule has 1 aromatic rings. The second kappa shape index (κ2) is 7.69. The molecule has 112 valence electrons. The lowest BCUT2D eigenvalue weighted by Gasteiger charge is -2.31. The van der Waals surface area contributed by atoms with E-state index in [1.165, 1.54) is 11.5 Å². The molecule has 0 spiro atoms. The van der Waals surface area contributed by atoms with Gasteiger partial charge >= 0.3 is 0 Å². The summed E-state index contributed by atoms with van der Waals surface area (Å²) in [5.74, 6) is 0.832. The summed E-state index contributed by atoms with van der Waals surface area (Å²) in [6.45, 7) is 8.04. The van der Waals surface area contributed by atoms with Crippen LogP contribution in [0.4, 0.5) is 0 Å². The molecular formula is C14H24N4OS. The van der Waals surface area contributed by atoms with Crippen molar-refractivity contribution < 1.29 is 4.79 Å². The Bertz CT molecular complexity index is 427. The number of hydrogen-bond acceptors (Lipinski definition) is 5. The molecular weight excluding hydrogens is 272 g/mol. The lowest BCUT2D eigenvalue weighted by molar-refractivity contribution is 0.0694. The van der Waals surface area contributed by atoms with Gasteiger partial charge in [0.2, 0.25) is 0 Å². The van der Waals surface area contributed by atoms with Gasteiger partial charge in [0.05, 0.1) is 5.69 Å². The lowest BCUT2D eigenvalue weighted by atomic mass is 9.96. The quantitative estimate of drug-likeness (QED) is 0.872. The maximum Gasteiger partial charge on any atom is 0.267 e. The summed E-state index contributed by atoms with van der Waals surface area (Å²) < 4.78 is 3.95. The molecule has 1 aliphatic rings. The first-order valence-corrected chi connectivity index (χ1v) is 8.34. The number of carbonyl (C=O) groups excluding carboxylic acids is 1. The summed E-state index contributed by atoms with van der Waals surface area (Å²) in [6, 6.07) is 0. The predicted molar refractivity (Wildman–Crippen MR) is 81.1 cm³/mol. The van der Waals surface area contributed by atoms with E-state index in [-0.39, 0.29) is 5.91 Å². The third kappa shape index (κ3) is 3.76. The van der Waals surface area contributed by atoms with E-state index >= 15 is 0 Å². The second-order valence-corrected chi connectivity index (χ2v) is 6.10. The number of aryl methyl sites for hydroxylation is 1. The minimum Gasteiger partial charge on any atom is -0.338 e. The zero-order chi connectivity index (χ0) is 14.4. The molecule has 0 bridgehead atoms. The fourth-order valence-electron chi connectivity index (χ4n) is 2.60. The van der Waals surface area contributed by atoms with Gasteiger partial charge in [-0.05, 0) is 49.8 Å². The number of hydrogen-bond donors (Lipinski definition) is 1. The zero-order valence-electron chi connectivity index (χ0n) is 12.4. The molecule has 6 heteroatoms. The number of nitrogens with zero attached hydrogens (tertiary/aromatic N) is 3. The molecule has 0 aromatic carbocycles. The van der Waals surface area contributed by atoms with E-state index in [9.17, 15) is 4.79 Å². The summed E-state index contributed by atoms with van der Waals surface area (Å²) in [5, 5.41) is 7.48. The van der Waals surface area contributed by atoms with Crippen LogP contribution in [0.1, 0.15) is 48.5 Å². The highest BCUT2D eigenvalue weighted by Gasteiger charge is 2.26. The van der Waals surface area contributed by atoms with E-state index in [1.54, 1.807) is 0 Å². The normalized spacial score (nSPS) is 16.6. The van der Waals surface area contributed by atoms with Crippen LogP contribution >= 0.6 is 11.5 Å². The molecule has 5 nitrogen and oxygen atoms in total. The number of amides is 1. The summed E-state index contributed by atoms with van der Waals surface area (Å²) in [6.07, 6.45) is 4.02. The molecule has 20 heavy (non-hydrogen) atoms. The Kier molecular flexibility index (Phi) is 5.91. The van der Waals surface area contributed by atoms with Gasteiger partial charge in [-0.15, -0.1) is 5.10 Å². The Morgan fingerprint density at radius 2 is 2.15 bits per heavy atom. The smallest absolute Gasteiger partial charge is 0.267 e. The van der Waals surface area contributed by atoms with E-state index in [2.05, 4.69) is 28.8 Å². The maximum absolute atomic E-state index is 12.5. The molecule has 1 aliphatic heterocycles. The molecule has 1 aromatic heterocycles. The molecule has 1 fully saturated rings. The van der Waals surface area contributed by atoms with Crippen molar-refractivity contribution in [3.63, 3.8) is 0 Å². The van der Waals surface area contributed by atoms with Crippen LogP contribution in [0.25, 0.3) is 0 Å². The Hall–Kier alpha value is -1.01. The first-order valence-electron chi connectivity index (χ1n) is 7.57. The van der Waals surface area contributed by atoms with Gasteiger partial charge < -0.3 is 10.2 Å². The van der Waals surface area contributed by atoms with Crippen LogP contribution in [0.5, 0.6) is 0 Å². The lowest BCUT2D eigenvalue weighted by Crippen LogP contribution is -2.40. The van der Waals surface area contributed by atoms with E-state index in [1.807, 2.05) is 4.90 Å². The van der Waals surface area contributed by atoms with Crippen molar-refractivity contribution in [1.29, 1.82) is 0 Å². The Morgan fingerprint density at radius 1 is 1.40 bits per heavy atom. The Labute approximate surface area is 124 Å². The van der Waals surface area contributed by atoms with Crippen molar-refractivity contribution in [2.45, 2.75) is 39.5 Å². The summed E-state index contributed by atoms with van der Waals surface area (Å²) >= 11 is 1.24. The molecule has 0 atom stereocenters. The molecule has 2 heterocycles. The van der Waals surface area contributed by atoms with Gasteiger partial charge in [0.1, 0.15) is 4.88 Å². The van der Waals surface area contributed by atoms with E-state index in [4.69, 9.17) is 0 Å². The molecule has 1 N–H and O–H groups in total. The van der Waals surface area contributed by atoms with Crippen LogP contribution in [-0.4, -0.2) is 46.6 Å². The monoisotopic (exact) mass is 296 g/mol. The van der Waals surface area contributed by atoms with E-state index in [0.29, 0.717) is 5.92 Å². The van der Waals surface area contributed by atoms with Gasteiger partial charge in [0, 0.05) is 13.1 Å². The standard InChI is InChI=1S/C14H24N4OS/c1-3-5-12-13(20-17-16-12)14(19)18-8-6-11(7-9-18)10-15-4-2/h11,15H,3-10H2,1-2H3. The van der Waals surface area contributed by atoms with E-state index < -0.39 is 0 Å². The highest BCUT2D eigenvalue weighted by atomic mass is 32.1. The first-order chi connectivity index (χ1) is 9.76. The fraction of sp³-hybridized carbons (Fsp3) is 0.786. The largest absolute Gasteiger partial charge is 0.338 e. The number of rotatable bonds is 6. The number of likely N-dealkylation sites (tertiary alicyclic amines) is 1. The van der Waals surface area contributed by atoms with Crippen LogP contribution < -0.4 is 5.32 Å². The minimum atomic E-state index is 0.130. The van der Waals surface area contributed by atoms with Gasteiger partial charge in [-0.1, -0.05) is 24.8 Å². The van der Waals surface area contributed by atoms with Crippen molar-refractivity contribution in [2.24, 2.45) is 5.92 Å². The van der Waals surface area contributed by atoms with Crippen LogP contribution in [0.2, 0.25) is 0 Å². The van der Waals surface area contributed by atoms with Gasteiger partial charge in [0.15, 0.2) is 0 Å². The summed E-state index contributed by atoms with van der Waals surface area (Å²) in [7, 11) is 0. The van der Waals surface area contributed by atoms with Crippen LogP contribution in [0, 0.1) is 5.92 Å². The average molecular weight is 296 g/mol. The minimum absolute atomic E-state index is 0.130. The molecule has 1 saturated heterocycles. The van der Waals surface area contributed by atoms with Crippen LogP contribution in [0.15, 0.2) is 0 Å². The van der Waals surface area contributed by atoms with Gasteiger partial charge in [-0.2, -0.15) is 0 Å². The SMILES string of the molecule is CCCc1nnsc1C(=O)N1CCC(CNCC)CC1. The number of carbonyl (C=O) groups is 1. The maximum atomic E-state index is 12.5. The molecule has 1 amide bonds. The topological polar surface area (TPSA) is 58.1 Å². The highest BCUT2D eigenvalue weighted by molar-refractivity contribution is 7.08. The number of piperidine rings is 1. The summed E-state index contributed by atoms with van der Waals surface area (Å²) in [4.78, 5) is 15.2. The van der Waals surface area contributed by atoms with Gasteiger partial charge in [-0.3, -0.25) is 4.79 Å². The van der Waals surface area contributed by atoms with E-state index in [0.717, 1.165) is 62.4 Å². The third-order valence-corrected chi connectivity index (χ3v) is 4.58. The summed E-state index contributed by atoms with van der Waals surface area (Å²) in [5.41, 5.74) is 0.872. The zero-order valence-corrected chi connectivity index (χ0v) is 13.2. The molecule has 2 rings (SSSR count). The molecule has 0 radical (unpaired) electrons. The Morgan fingerprint density at radius 3 is 2.80 bits per heavy atom. The molecule has 0 aliphatic carbocycles. The van der Waals surface area contributed by atoms with Crippen molar-refractivity contribution >= 4 is 17.4 Å². The van der Waals surface area contributed by atoms with Gasteiger partial charge in [0.25, 0.3) is 5.91 Å². The number of aromatic nitrogens is 2. The number of nitrogens with one attached hydrogen (secondary N) is 1.